The van der Waals surface area contributed by atoms with Gasteiger partial charge in [-0.3, -0.25) is 9.36 Å². The van der Waals surface area contributed by atoms with E-state index in [1.54, 1.807) is 0 Å². The summed E-state index contributed by atoms with van der Waals surface area (Å²) in [5, 5.41) is 16.1. The number of hydrogen-bond acceptors (Lipinski definition) is 6. The normalized spacial score (nSPS) is 11.5. The molecule has 1 aromatic heterocycles. The van der Waals surface area contributed by atoms with Gasteiger partial charge in [0.2, 0.25) is 0 Å². The van der Waals surface area contributed by atoms with Crippen molar-refractivity contribution in [2.45, 2.75) is 19.0 Å². The quantitative estimate of drug-likeness (QED) is 0.144. The number of nitrogens with one attached hydrogen (secondary N) is 1. The summed E-state index contributed by atoms with van der Waals surface area (Å²) < 4.78 is 7.54. The summed E-state index contributed by atoms with van der Waals surface area (Å²) in [7, 11) is 0. The molecule has 5 rings (SSSR count). The molecule has 190 valence electrons. The van der Waals surface area contributed by atoms with Gasteiger partial charge in [0.15, 0.2) is 11.0 Å². The minimum Gasteiger partial charge on any atom is -0.494 e. The molecule has 0 saturated heterocycles. The van der Waals surface area contributed by atoms with Crippen LogP contribution in [0.15, 0.2) is 107 Å². The highest BCUT2D eigenvalue weighted by atomic mass is 32.2. The van der Waals surface area contributed by atoms with Crippen molar-refractivity contribution < 1.29 is 9.53 Å². The van der Waals surface area contributed by atoms with Gasteiger partial charge in [0.05, 0.1) is 18.1 Å². The van der Waals surface area contributed by atoms with Crippen molar-refractivity contribution in [3.63, 3.8) is 0 Å². The summed E-state index contributed by atoms with van der Waals surface area (Å²) >= 11 is 1.31. The number of aromatic nitrogens is 3. The number of carbonyl (C=O) groups is 1. The Balaban J connectivity index is 1.32. The molecule has 0 fully saturated rings. The van der Waals surface area contributed by atoms with Crippen LogP contribution < -0.4 is 10.2 Å². The first-order valence-electron chi connectivity index (χ1n) is 12.3. The van der Waals surface area contributed by atoms with Gasteiger partial charge in [0.1, 0.15) is 5.75 Å². The van der Waals surface area contributed by atoms with E-state index in [9.17, 15) is 4.79 Å². The largest absolute Gasteiger partial charge is 0.494 e. The molecule has 5 aromatic rings. The Kier molecular flexibility index (Phi) is 7.80. The second kappa shape index (κ2) is 11.7. The molecule has 0 aliphatic rings. The molecule has 0 spiro atoms. The summed E-state index contributed by atoms with van der Waals surface area (Å²) in [6, 6.07) is 31.9. The van der Waals surface area contributed by atoms with E-state index in [4.69, 9.17) is 4.74 Å². The molecular formula is C30H27N5O2S. The van der Waals surface area contributed by atoms with E-state index >= 15 is 0 Å². The summed E-state index contributed by atoms with van der Waals surface area (Å²) in [4.78, 5) is 12.7. The molecule has 0 bridgehead atoms. The van der Waals surface area contributed by atoms with Crippen molar-refractivity contribution in [2.24, 2.45) is 5.10 Å². The maximum atomic E-state index is 12.7. The molecule has 1 amide bonds. The van der Waals surface area contributed by atoms with Crippen LogP contribution in [-0.4, -0.2) is 38.7 Å². The van der Waals surface area contributed by atoms with Gasteiger partial charge in [-0.05, 0) is 60.5 Å². The molecule has 4 aromatic carbocycles. The standard InChI is InChI=1S/C30H27N5O2S/c1-3-37-27-17-15-26(16-18-27)35-29(23-10-5-4-6-11-23)33-34-30(35)38-20-28(36)32-31-21(2)24-14-13-22-9-7-8-12-25(22)19-24/h4-19H,3,20H2,1-2H3,(H,32,36). The Hall–Kier alpha value is -4.43. The first-order chi connectivity index (χ1) is 18.6. The van der Waals surface area contributed by atoms with E-state index in [1.165, 1.54) is 11.8 Å². The number of fused-ring (bicyclic) bond motifs is 1. The number of benzene rings is 4. The number of carbonyl (C=O) groups excluding carboxylic acids is 1. The Bertz CT molecular complexity index is 1580. The zero-order valence-electron chi connectivity index (χ0n) is 21.2. The molecular weight excluding hydrogens is 494 g/mol. The van der Waals surface area contributed by atoms with Crippen LogP contribution in [0.25, 0.3) is 27.8 Å². The summed E-state index contributed by atoms with van der Waals surface area (Å²) in [6.07, 6.45) is 0. The second-order valence-corrected chi connectivity index (χ2v) is 9.46. The first-order valence-corrected chi connectivity index (χ1v) is 13.3. The Morgan fingerprint density at radius 3 is 2.42 bits per heavy atom. The van der Waals surface area contributed by atoms with Crippen LogP contribution in [0.3, 0.4) is 0 Å². The average Bonchev–Trinajstić information content (AvgIpc) is 3.39. The molecule has 1 heterocycles. The molecule has 1 N–H and O–H groups in total. The van der Waals surface area contributed by atoms with E-state index in [-0.39, 0.29) is 11.7 Å². The molecule has 0 aliphatic heterocycles. The summed E-state index contributed by atoms with van der Waals surface area (Å²) in [5.74, 6) is 1.40. The Labute approximate surface area is 225 Å². The highest BCUT2D eigenvalue weighted by Gasteiger charge is 2.17. The highest BCUT2D eigenvalue weighted by Crippen LogP contribution is 2.29. The van der Waals surface area contributed by atoms with Crippen molar-refractivity contribution >= 4 is 34.2 Å². The van der Waals surface area contributed by atoms with Gasteiger partial charge < -0.3 is 4.74 Å². The van der Waals surface area contributed by atoms with E-state index in [0.29, 0.717) is 17.6 Å². The summed E-state index contributed by atoms with van der Waals surface area (Å²) in [6.45, 7) is 4.43. The zero-order valence-corrected chi connectivity index (χ0v) is 22.0. The average molecular weight is 522 g/mol. The second-order valence-electron chi connectivity index (χ2n) is 8.52. The van der Waals surface area contributed by atoms with Crippen LogP contribution in [0.5, 0.6) is 5.75 Å². The van der Waals surface area contributed by atoms with Crippen LogP contribution in [0.4, 0.5) is 0 Å². The van der Waals surface area contributed by atoms with E-state index in [0.717, 1.165) is 39.0 Å². The van der Waals surface area contributed by atoms with E-state index < -0.39 is 0 Å². The smallest absolute Gasteiger partial charge is 0.250 e. The lowest BCUT2D eigenvalue weighted by molar-refractivity contribution is -0.118. The molecule has 0 atom stereocenters. The van der Waals surface area contributed by atoms with Crippen LogP contribution in [0, 0.1) is 0 Å². The van der Waals surface area contributed by atoms with Crippen molar-refractivity contribution in [1.82, 2.24) is 20.2 Å². The van der Waals surface area contributed by atoms with Crippen LogP contribution in [0.2, 0.25) is 0 Å². The highest BCUT2D eigenvalue weighted by molar-refractivity contribution is 7.99. The number of hydrogen-bond donors (Lipinski definition) is 1. The van der Waals surface area contributed by atoms with Gasteiger partial charge in [0, 0.05) is 11.3 Å². The van der Waals surface area contributed by atoms with Gasteiger partial charge >= 0.3 is 0 Å². The third-order valence-electron chi connectivity index (χ3n) is 5.92. The van der Waals surface area contributed by atoms with Crippen LogP contribution in [0.1, 0.15) is 19.4 Å². The molecule has 0 saturated carbocycles. The number of thioether (sulfide) groups is 1. The molecule has 7 nitrogen and oxygen atoms in total. The maximum Gasteiger partial charge on any atom is 0.250 e. The van der Waals surface area contributed by atoms with Crippen molar-refractivity contribution in [2.75, 3.05) is 12.4 Å². The van der Waals surface area contributed by atoms with Gasteiger partial charge in [-0.15, -0.1) is 10.2 Å². The topological polar surface area (TPSA) is 81.4 Å². The molecule has 0 unspecified atom stereocenters. The fraction of sp³-hybridized carbons (Fsp3) is 0.133. The third kappa shape index (κ3) is 5.76. The van der Waals surface area contributed by atoms with Gasteiger partial charge in [-0.1, -0.05) is 78.5 Å². The monoisotopic (exact) mass is 521 g/mol. The lowest BCUT2D eigenvalue weighted by atomic mass is 10.0. The lowest BCUT2D eigenvalue weighted by Gasteiger charge is -2.11. The van der Waals surface area contributed by atoms with Crippen molar-refractivity contribution in [3.8, 4) is 22.8 Å². The van der Waals surface area contributed by atoms with Crippen LogP contribution >= 0.6 is 11.8 Å². The number of nitrogens with zero attached hydrogens (tertiary/aromatic N) is 4. The number of ether oxygens (including phenoxy) is 1. The fourth-order valence-corrected chi connectivity index (χ4v) is 4.76. The number of amides is 1. The van der Waals surface area contributed by atoms with Crippen molar-refractivity contribution in [3.05, 3.63) is 103 Å². The van der Waals surface area contributed by atoms with Crippen molar-refractivity contribution in [1.29, 1.82) is 0 Å². The maximum absolute atomic E-state index is 12.7. The molecule has 38 heavy (non-hydrogen) atoms. The van der Waals surface area contributed by atoms with E-state index in [1.807, 2.05) is 91.2 Å². The third-order valence-corrected chi connectivity index (χ3v) is 6.85. The van der Waals surface area contributed by atoms with Gasteiger partial charge in [-0.25, -0.2) is 5.43 Å². The van der Waals surface area contributed by atoms with Gasteiger partial charge in [0.25, 0.3) is 5.91 Å². The predicted octanol–water partition coefficient (Wildman–Crippen LogP) is 6.12. The molecule has 8 heteroatoms. The first kappa shape index (κ1) is 25.2. The molecule has 0 aliphatic carbocycles. The fourth-order valence-electron chi connectivity index (χ4n) is 4.02. The van der Waals surface area contributed by atoms with Gasteiger partial charge in [-0.2, -0.15) is 5.10 Å². The minimum atomic E-state index is -0.224. The van der Waals surface area contributed by atoms with Crippen LogP contribution in [-0.2, 0) is 4.79 Å². The number of rotatable bonds is 9. The number of hydrazone groups is 1. The zero-order chi connectivity index (χ0) is 26.3. The minimum absolute atomic E-state index is 0.137. The Morgan fingerprint density at radius 2 is 1.66 bits per heavy atom. The lowest BCUT2D eigenvalue weighted by Crippen LogP contribution is -2.21. The Morgan fingerprint density at radius 1 is 0.921 bits per heavy atom. The SMILES string of the molecule is CCOc1ccc(-n2c(SCC(=O)NN=C(C)c3ccc4ccccc4c3)nnc2-c2ccccc2)cc1. The molecule has 0 radical (unpaired) electrons. The predicted molar refractivity (Wildman–Crippen MR) is 153 cm³/mol. The summed E-state index contributed by atoms with van der Waals surface area (Å²) in [5.41, 5.74) is 6.18. The van der Waals surface area contributed by atoms with E-state index in [2.05, 4.69) is 45.0 Å².